The lowest BCUT2D eigenvalue weighted by atomic mass is 10.0. The van der Waals surface area contributed by atoms with Crippen molar-refractivity contribution in [2.45, 2.75) is 70.6 Å². The van der Waals surface area contributed by atoms with E-state index in [4.69, 9.17) is 10.8 Å². The van der Waals surface area contributed by atoms with Crippen LogP contribution in [0.4, 0.5) is 0 Å². The van der Waals surface area contributed by atoms with E-state index in [1.165, 1.54) is 11.8 Å². The van der Waals surface area contributed by atoms with Gasteiger partial charge in [0.05, 0.1) is 6.04 Å². The maximum atomic E-state index is 13.0. The summed E-state index contributed by atoms with van der Waals surface area (Å²) >= 11 is 0. The van der Waals surface area contributed by atoms with Crippen molar-refractivity contribution in [2.24, 2.45) is 11.7 Å². The molecular weight excluding hydrogens is 384 g/mol. The van der Waals surface area contributed by atoms with Crippen molar-refractivity contribution < 1.29 is 34.2 Å². The molecule has 0 bridgehead atoms. The average Bonchev–Trinajstić information content (AvgIpc) is 3.11. The fraction of sp³-hybridized carbons (Fsp3) is 0.722. The number of hydrogen-bond donors (Lipinski definition) is 5. The van der Waals surface area contributed by atoms with Gasteiger partial charge in [-0.05, 0) is 32.1 Å². The molecule has 164 valence electrons. The summed E-state index contributed by atoms with van der Waals surface area (Å²) in [4.78, 5) is 61.0. The molecule has 1 aliphatic rings. The van der Waals surface area contributed by atoms with E-state index < -0.39 is 53.8 Å². The Labute approximate surface area is 169 Å². The first-order valence-corrected chi connectivity index (χ1v) is 9.57. The van der Waals surface area contributed by atoms with Crippen LogP contribution in [0.3, 0.4) is 0 Å². The Morgan fingerprint density at radius 1 is 1.10 bits per heavy atom. The molecule has 1 fully saturated rings. The highest BCUT2D eigenvalue weighted by Crippen LogP contribution is 2.20. The van der Waals surface area contributed by atoms with Crippen LogP contribution < -0.4 is 16.4 Å². The fourth-order valence-electron chi connectivity index (χ4n) is 3.09. The maximum Gasteiger partial charge on any atom is 0.326 e. The van der Waals surface area contributed by atoms with Crippen molar-refractivity contribution in [3.05, 3.63) is 0 Å². The first kappa shape index (κ1) is 24.3. The number of hydrogen-bond acceptors (Lipinski definition) is 6. The van der Waals surface area contributed by atoms with Gasteiger partial charge in [-0.2, -0.15) is 0 Å². The highest BCUT2D eigenvalue weighted by Gasteiger charge is 2.39. The third kappa shape index (κ3) is 7.00. The number of amides is 3. The van der Waals surface area contributed by atoms with Crippen molar-refractivity contribution in [2.75, 3.05) is 6.54 Å². The molecule has 0 aliphatic carbocycles. The fourth-order valence-corrected chi connectivity index (χ4v) is 3.09. The molecule has 29 heavy (non-hydrogen) atoms. The molecule has 1 aliphatic heterocycles. The van der Waals surface area contributed by atoms with Crippen LogP contribution in [0.1, 0.15) is 46.5 Å². The summed E-state index contributed by atoms with van der Waals surface area (Å²) in [5.74, 6) is -4.44. The lowest BCUT2D eigenvalue weighted by Gasteiger charge is -2.30. The number of likely N-dealkylation sites (tertiary alicyclic amines) is 1. The quantitative estimate of drug-likeness (QED) is 0.299. The highest BCUT2D eigenvalue weighted by atomic mass is 16.4. The van der Waals surface area contributed by atoms with Crippen molar-refractivity contribution in [1.29, 1.82) is 0 Å². The summed E-state index contributed by atoms with van der Waals surface area (Å²) in [6, 6.07) is -4.02. The number of aliphatic carboxylic acids is 2. The predicted octanol–water partition coefficient (Wildman–Crippen LogP) is -1.10. The highest BCUT2D eigenvalue weighted by molar-refractivity contribution is 5.94. The Morgan fingerprint density at radius 2 is 1.72 bits per heavy atom. The van der Waals surface area contributed by atoms with Gasteiger partial charge in [0, 0.05) is 13.0 Å². The van der Waals surface area contributed by atoms with Gasteiger partial charge in [0.2, 0.25) is 17.7 Å². The zero-order chi connectivity index (χ0) is 22.3. The summed E-state index contributed by atoms with van der Waals surface area (Å²) < 4.78 is 0. The van der Waals surface area contributed by atoms with Crippen LogP contribution in [0.25, 0.3) is 0 Å². The number of carboxylic acids is 2. The minimum Gasteiger partial charge on any atom is -0.481 e. The zero-order valence-corrected chi connectivity index (χ0v) is 16.9. The van der Waals surface area contributed by atoms with Gasteiger partial charge in [-0.25, -0.2) is 4.79 Å². The number of nitrogens with two attached hydrogens (primary N) is 1. The Balaban J connectivity index is 2.95. The van der Waals surface area contributed by atoms with Crippen molar-refractivity contribution >= 4 is 29.7 Å². The molecule has 11 nitrogen and oxygen atoms in total. The standard InChI is InChI=1S/C18H30N4O7/c1-9(2)14(18(28)29)21-16(26)12-5-4-8-22(12)17(27)11(6-7-13(23)24)20-15(25)10(3)19/h9-12,14H,4-8,19H2,1-3H3,(H,20,25)(H,21,26)(H,23,24)(H,28,29)/t10-,11-,12-,14-/m0/s1. The van der Waals surface area contributed by atoms with Crippen LogP contribution in [0.15, 0.2) is 0 Å². The van der Waals surface area contributed by atoms with E-state index in [-0.39, 0.29) is 25.3 Å². The minimum atomic E-state index is -1.17. The third-order valence-electron chi connectivity index (χ3n) is 4.74. The lowest BCUT2D eigenvalue weighted by molar-refractivity contribution is -0.146. The molecule has 1 saturated heterocycles. The van der Waals surface area contributed by atoms with Gasteiger partial charge in [0.15, 0.2) is 0 Å². The van der Waals surface area contributed by atoms with Crippen LogP contribution in [0, 0.1) is 5.92 Å². The van der Waals surface area contributed by atoms with Gasteiger partial charge in [0.25, 0.3) is 0 Å². The number of carbonyl (C=O) groups is 5. The summed E-state index contributed by atoms with van der Waals surface area (Å²) in [5.41, 5.74) is 5.51. The molecule has 0 aromatic heterocycles. The second-order valence-electron chi connectivity index (χ2n) is 7.54. The van der Waals surface area contributed by atoms with E-state index in [0.717, 1.165) is 0 Å². The second-order valence-corrected chi connectivity index (χ2v) is 7.54. The van der Waals surface area contributed by atoms with Gasteiger partial charge in [-0.15, -0.1) is 0 Å². The molecule has 0 unspecified atom stereocenters. The van der Waals surface area contributed by atoms with E-state index in [1.54, 1.807) is 13.8 Å². The average molecular weight is 414 g/mol. The van der Waals surface area contributed by atoms with Crippen molar-refractivity contribution in [3.8, 4) is 0 Å². The monoisotopic (exact) mass is 414 g/mol. The Kier molecular flexibility index (Phi) is 9.02. The predicted molar refractivity (Wildman–Crippen MR) is 102 cm³/mol. The van der Waals surface area contributed by atoms with E-state index in [1.807, 2.05) is 0 Å². The minimum absolute atomic E-state index is 0.152. The van der Waals surface area contributed by atoms with Gasteiger partial charge < -0.3 is 31.5 Å². The van der Waals surface area contributed by atoms with Crippen LogP contribution in [0.5, 0.6) is 0 Å². The third-order valence-corrected chi connectivity index (χ3v) is 4.74. The second kappa shape index (κ2) is 10.7. The first-order chi connectivity index (χ1) is 13.5. The Bertz CT molecular complexity index is 650. The van der Waals surface area contributed by atoms with Gasteiger partial charge >= 0.3 is 11.9 Å². The van der Waals surface area contributed by atoms with Crippen LogP contribution in [-0.2, 0) is 24.0 Å². The number of carboxylic acid groups (broad SMARTS) is 2. The van der Waals surface area contributed by atoms with Crippen LogP contribution in [0.2, 0.25) is 0 Å². The Morgan fingerprint density at radius 3 is 2.21 bits per heavy atom. The van der Waals surface area contributed by atoms with Crippen molar-refractivity contribution in [1.82, 2.24) is 15.5 Å². The van der Waals surface area contributed by atoms with Gasteiger partial charge in [0.1, 0.15) is 18.1 Å². The Hall–Kier alpha value is -2.69. The molecule has 0 spiro atoms. The van der Waals surface area contributed by atoms with E-state index in [2.05, 4.69) is 10.6 Å². The molecule has 1 heterocycles. The smallest absolute Gasteiger partial charge is 0.326 e. The van der Waals surface area contributed by atoms with E-state index in [9.17, 15) is 29.1 Å². The summed E-state index contributed by atoms with van der Waals surface area (Å²) in [7, 11) is 0. The molecule has 0 saturated carbocycles. The van der Waals surface area contributed by atoms with E-state index >= 15 is 0 Å². The number of nitrogens with one attached hydrogen (secondary N) is 2. The molecule has 11 heteroatoms. The molecule has 0 aromatic carbocycles. The number of rotatable bonds is 10. The molecule has 4 atom stereocenters. The summed E-state index contributed by atoms with van der Waals surface area (Å²) in [6.07, 6.45) is 0.362. The van der Waals surface area contributed by atoms with Crippen LogP contribution in [-0.4, -0.2) is 75.5 Å². The van der Waals surface area contributed by atoms with Crippen LogP contribution >= 0.6 is 0 Å². The largest absolute Gasteiger partial charge is 0.481 e. The lowest BCUT2D eigenvalue weighted by Crippen LogP contribution is -2.57. The topological polar surface area (TPSA) is 179 Å². The maximum absolute atomic E-state index is 13.0. The molecule has 0 radical (unpaired) electrons. The molecule has 1 rings (SSSR count). The zero-order valence-electron chi connectivity index (χ0n) is 16.9. The van der Waals surface area contributed by atoms with E-state index in [0.29, 0.717) is 12.8 Å². The summed E-state index contributed by atoms with van der Waals surface area (Å²) in [6.45, 7) is 4.98. The normalized spacial score (nSPS) is 19.3. The van der Waals surface area contributed by atoms with Gasteiger partial charge in [-0.1, -0.05) is 13.8 Å². The number of nitrogens with zero attached hydrogens (tertiary/aromatic N) is 1. The molecule has 6 N–H and O–H groups in total. The molecule has 3 amide bonds. The van der Waals surface area contributed by atoms with Crippen molar-refractivity contribution in [3.63, 3.8) is 0 Å². The SMILES string of the molecule is CC(C)[C@H](NC(=O)[C@@H]1CCCN1C(=O)[C@H](CCC(=O)O)NC(=O)[C@H](C)N)C(=O)O. The summed E-state index contributed by atoms with van der Waals surface area (Å²) in [5, 5.41) is 23.1. The molecular formula is C18H30N4O7. The molecule has 0 aromatic rings. The number of carbonyl (C=O) groups excluding carboxylic acids is 3. The van der Waals surface area contributed by atoms with Gasteiger partial charge in [-0.3, -0.25) is 19.2 Å². The first-order valence-electron chi connectivity index (χ1n) is 9.57.